The second kappa shape index (κ2) is 9.79. The number of thiazole rings is 1. The van der Waals surface area contributed by atoms with Crippen LogP contribution in [0, 0.1) is 6.92 Å². The lowest BCUT2D eigenvalue weighted by atomic mass is 9.95. The van der Waals surface area contributed by atoms with Gasteiger partial charge in [0, 0.05) is 5.69 Å². The molecule has 180 valence electrons. The molecule has 0 unspecified atom stereocenters. The fourth-order valence-corrected chi connectivity index (χ4v) is 5.29. The van der Waals surface area contributed by atoms with E-state index in [0.29, 0.717) is 32.0 Å². The molecule has 5 rings (SSSR count). The number of carbonyl (C=O) groups is 1. The van der Waals surface area contributed by atoms with Crippen LogP contribution in [-0.4, -0.2) is 17.6 Å². The largest absolute Gasteiger partial charge is 0.497 e. The van der Waals surface area contributed by atoms with Gasteiger partial charge in [-0.05, 0) is 55.3 Å². The summed E-state index contributed by atoms with van der Waals surface area (Å²) in [6, 6.07) is 24.1. The first-order valence-corrected chi connectivity index (χ1v) is 12.4. The van der Waals surface area contributed by atoms with E-state index in [9.17, 15) is 9.59 Å². The lowest BCUT2D eigenvalue weighted by Crippen LogP contribution is -2.40. The van der Waals surface area contributed by atoms with Crippen LogP contribution in [0.5, 0.6) is 5.75 Å². The molecule has 36 heavy (non-hydrogen) atoms. The van der Waals surface area contributed by atoms with Crippen molar-refractivity contribution in [1.29, 1.82) is 0 Å². The quantitative estimate of drug-likeness (QED) is 0.451. The average molecular weight is 496 g/mol. The lowest BCUT2D eigenvalue weighted by molar-refractivity contribution is -0.113. The number of para-hydroxylation sites is 1. The Morgan fingerprint density at radius 1 is 1.00 bits per heavy atom. The van der Waals surface area contributed by atoms with Crippen LogP contribution in [0.2, 0.25) is 0 Å². The van der Waals surface area contributed by atoms with Gasteiger partial charge in [0.15, 0.2) is 4.80 Å². The maximum absolute atomic E-state index is 13.7. The maximum atomic E-state index is 13.7. The number of benzene rings is 3. The zero-order valence-electron chi connectivity index (χ0n) is 20.2. The van der Waals surface area contributed by atoms with Gasteiger partial charge in [0.2, 0.25) is 0 Å². The minimum absolute atomic E-state index is 0.183. The van der Waals surface area contributed by atoms with Crippen molar-refractivity contribution in [3.63, 3.8) is 0 Å². The summed E-state index contributed by atoms with van der Waals surface area (Å²) < 4.78 is 7.51. The van der Waals surface area contributed by atoms with Gasteiger partial charge in [-0.2, -0.15) is 0 Å². The molecule has 2 heterocycles. The van der Waals surface area contributed by atoms with Gasteiger partial charge in [-0.1, -0.05) is 71.5 Å². The topological polar surface area (TPSA) is 72.7 Å². The molecule has 0 spiro atoms. The number of aromatic nitrogens is 1. The van der Waals surface area contributed by atoms with Crippen LogP contribution in [0.1, 0.15) is 29.7 Å². The van der Waals surface area contributed by atoms with E-state index in [1.165, 1.54) is 11.3 Å². The van der Waals surface area contributed by atoms with Gasteiger partial charge in [-0.15, -0.1) is 0 Å². The summed E-state index contributed by atoms with van der Waals surface area (Å²) in [4.78, 5) is 32.5. The number of nitrogens with zero attached hydrogens (tertiary/aromatic N) is 2. The minimum atomic E-state index is -0.629. The molecule has 0 aliphatic carbocycles. The second-order valence-electron chi connectivity index (χ2n) is 8.59. The normalized spacial score (nSPS) is 15.3. The molecule has 1 aliphatic heterocycles. The highest BCUT2D eigenvalue weighted by Gasteiger charge is 2.32. The van der Waals surface area contributed by atoms with E-state index in [0.717, 1.165) is 16.7 Å². The van der Waals surface area contributed by atoms with Crippen LogP contribution < -0.4 is 24.9 Å². The molecule has 0 radical (unpaired) electrons. The van der Waals surface area contributed by atoms with Gasteiger partial charge in [0.25, 0.3) is 11.5 Å². The number of methoxy groups -OCH3 is 1. The summed E-state index contributed by atoms with van der Waals surface area (Å²) in [5, 5.41) is 2.97. The molecule has 1 aliphatic rings. The van der Waals surface area contributed by atoms with Gasteiger partial charge in [0.05, 0.1) is 29.0 Å². The van der Waals surface area contributed by atoms with Gasteiger partial charge in [-0.3, -0.25) is 14.2 Å². The monoisotopic (exact) mass is 495 g/mol. The summed E-state index contributed by atoms with van der Waals surface area (Å²) in [6.07, 6.45) is 1.87. The zero-order valence-corrected chi connectivity index (χ0v) is 21.0. The molecule has 4 aromatic rings. The Labute approximate surface area is 212 Å². The third kappa shape index (κ3) is 4.53. The van der Waals surface area contributed by atoms with E-state index in [1.54, 1.807) is 11.7 Å². The van der Waals surface area contributed by atoms with E-state index in [4.69, 9.17) is 9.73 Å². The molecule has 1 amide bonds. The van der Waals surface area contributed by atoms with E-state index in [2.05, 4.69) is 5.32 Å². The first-order chi connectivity index (χ1) is 17.4. The third-order valence-electron chi connectivity index (χ3n) is 6.10. The minimum Gasteiger partial charge on any atom is -0.497 e. The number of allylic oxidation sites excluding steroid dienone is 1. The molecular weight excluding hydrogens is 470 g/mol. The summed E-state index contributed by atoms with van der Waals surface area (Å²) in [6.45, 7) is 3.84. The predicted molar refractivity (Wildman–Crippen MR) is 143 cm³/mol. The molecule has 3 aromatic carbocycles. The number of amides is 1. The van der Waals surface area contributed by atoms with Crippen LogP contribution in [0.15, 0.2) is 99.9 Å². The number of rotatable bonds is 5. The van der Waals surface area contributed by atoms with Crippen molar-refractivity contribution >= 4 is 29.0 Å². The first kappa shape index (κ1) is 23.5. The number of hydrogen-bond donors (Lipinski definition) is 1. The fraction of sp³-hybridized carbons (Fsp3) is 0.138. The number of nitrogens with one attached hydrogen (secondary N) is 1. The lowest BCUT2D eigenvalue weighted by Gasteiger charge is -2.25. The summed E-state index contributed by atoms with van der Waals surface area (Å²) in [5.41, 5.74) is 4.38. The van der Waals surface area contributed by atoms with Crippen molar-refractivity contribution < 1.29 is 9.53 Å². The molecule has 1 aromatic heterocycles. The molecule has 1 N–H and O–H groups in total. The number of fused-ring (bicyclic) bond motifs is 1. The predicted octanol–water partition coefficient (Wildman–Crippen LogP) is 4.19. The Morgan fingerprint density at radius 2 is 1.69 bits per heavy atom. The van der Waals surface area contributed by atoms with Crippen LogP contribution in [0.25, 0.3) is 6.08 Å². The third-order valence-corrected chi connectivity index (χ3v) is 7.09. The fourth-order valence-electron chi connectivity index (χ4n) is 4.25. The average Bonchev–Trinajstić information content (AvgIpc) is 3.19. The van der Waals surface area contributed by atoms with Gasteiger partial charge >= 0.3 is 0 Å². The molecule has 0 saturated heterocycles. The van der Waals surface area contributed by atoms with Crippen molar-refractivity contribution in [3.8, 4) is 5.75 Å². The van der Waals surface area contributed by atoms with Crippen molar-refractivity contribution in [2.24, 2.45) is 4.99 Å². The van der Waals surface area contributed by atoms with E-state index < -0.39 is 6.04 Å². The van der Waals surface area contributed by atoms with Crippen LogP contribution in [-0.2, 0) is 4.79 Å². The Kier molecular flexibility index (Phi) is 6.40. The van der Waals surface area contributed by atoms with Crippen LogP contribution in [0.3, 0.4) is 0 Å². The Bertz CT molecular complexity index is 1630. The highest BCUT2D eigenvalue weighted by atomic mass is 32.1. The zero-order chi connectivity index (χ0) is 25.2. The van der Waals surface area contributed by atoms with Crippen molar-refractivity contribution in [2.75, 3.05) is 12.4 Å². The van der Waals surface area contributed by atoms with E-state index in [1.807, 2.05) is 98.8 Å². The number of ether oxygens (including phenoxy) is 1. The van der Waals surface area contributed by atoms with Crippen LogP contribution in [0.4, 0.5) is 5.69 Å². The van der Waals surface area contributed by atoms with E-state index >= 15 is 0 Å². The SMILES string of the molecule is COc1ccc([C@@H]2C(C(=O)Nc3ccccc3)=C(C)N=c3s/c(=C/c4ccc(C)cc4)c(=O)n32)cc1. The van der Waals surface area contributed by atoms with Crippen LogP contribution >= 0.6 is 11.3 Å². The van der Waals surface area contributed by atoms with Crippen molar-refractivity contribution in [2.45, 2.75) is 19.9 Å². The summed E-state index contributed by atoms with van der Waals surface area (Å²) >= 11 is 1.33. The molecule has 0 fully saturated rings. The maximum Gasteiger partial charge on any atom is 0.271 e. The smallest absolute Gasteiger partial charge is 0.271 e. The number of aryl methyl sites for hydroxylation is 1. The van der Waals surface area contributed by atoms with Crippen molar-refractivity contribution in [3.05, 3.63) is 127 Å². The number of anilines is 1. The van der Waals surface area contributed by atoms with Crippen molar-refractivity contribution in [1.82, 2.24) is 4.57 Å². The second-order valence-corrected chi connectivity index (χ2v) is 9.59. The van der Waals surface area contributed by atoms with Gasteiger partial charge < -0.3 is 10.1 Å². The first-order valence-electron chi connectivity index (χ1n) is 11.5. The van der Waals surface area contributed by atoms with Gasteiger partial charge in [-0.25, -0.2) is 4.99 Å². The number of hydrogen-bond acceptors (Lipinski definition) is 5. The van der Waals surface area contributed by atoms with Gasteiger partial charge in [0.1, 0.15) is 5.75 Å². The summed E-state index contributed by atoms with van der Waals surface area (Å²) in [7, 11) is 1.60. The molecular formula is C29H25N3O3S. The molecule has 0 saturated carbocycles. The Balaban J connectivity index is 1.67. The Hall–Kier alpha value is -4.23. The van der Waals surface area contributed by atoms with E-state index in [-0.39, 0.29) is 11.5 Å². The highest BCUT2D eigenvalue weighted by molar-refractivity contribution is 7.07. The molecule has 7 heteroatoms. The summed E-state index contributed by atoms with van der Waals surface area (Å²) in [5.74, 6) is 0.401. The molecule has 0 bridgehead atoms. The molecule has 6 nitrogen and oxygen atoms in total. The standard InChI is InChI=1S/C29H25N3O3S/c1-18-9-11-20(12-10-18)17-24-28(34)32-26(21-13-15-23(35-3)16-14-21)25(19(2)30-29(32)36-24)27(33)31-22-7-5-4-6-8-22/h4-17,26H,1-3H3,(H,31,33)/b24-17+/t26-/m1/s1. The highest BCUT2D eigenvalue weighted by Crippen LogP contribution is 2.31. The Morgan fingerprint density at radius 3 is 2.36 bits per heavy atom. The molecule has 1 atom stereocenters. The number of carbonyl (C=O) groups excluding carboxylic acids is 1.